The van der Waals surface area contributed by atoms with Gasteiger partial charge >= 0.3 is 0 Å². The van der Waals surface area contributed by atoms with Crippen molar-refractivity contribution in [2.24, 2.45) is 11.8 Å². The maximum Gasteiger partial charge on any atom is 0.269 e. The summed E-state index contributed by atoms with van der Waals surface area (Å²) in [5.41, 5.74) is 7.95. The van der Waals surface area contributed by atoms with E-state index in [2.05, 4.69) is 22.2 Å². The average Bonchev–Trinajstić information content (AvgIpc) is 2.91. The van der Waals surface area contributed by atoms with Gasteiger partial charge in [0.25, 0.3) is 5.91 Å². The van der Waals surface area contributed by atoms with Crippen LogP contribution in [0.5, 0.6) is 0 Å². The fraction of sp³-hybridized carbons (Fsp3) is 0.643. The van der Waals surface area contributed by atoms with Gasteiger partial charge in [-0.15, -0.1) is 0 Å². The lowest BCUT2D eigenvalue weighted by atomic mass is 9.87. The molecule has 2 atom stereocenters. The molecule has 1 saturated carbocycles. The Hall–Kier alpha value is -1.37. The van der Waals surface area contributed by atoms with E-state index in [1.165, 1.54) is 5.57 Å². The van der Waals surface area contributed by atoms with Crippen LogP contribution < -0.4 is 16.2 Å². The molecule has 6 heteroatoms. The highest BCUT2D eigenvalue weighted by Crippen LogP contribution is 2.50. The highest BCUT2D eigenvalue weighted by atomic mass is 16.3. The standard InChI is InChI=1S/C14H21N3O3/c1-7(2)14(5-18,6-19)15-13(20)12-10-4-8-3-9(8)11(10)16-17-12/h4,7,9,11,16-19H,3,5-6H2,1-2H3,(H,15,20). The van der Waals surface area contributed by atoms with E-state index in [1.54, 1.807) is 0 Å². The fourth-order valence-electron chi connectivity index (χ4n) is 2.94. The zero-order valence-electron chi connectivity index (χ0n) is 11.7. The van der Waals surface area contributed by atoms with Gasteiger partial charge in [-0.25, -0.2) is 5.43 Å². The minimum atomic E-state index is -1.00. The third-order valence-corrected chi connectivity index (χ3v) is 4.75. The van der Waals surface area contributed by atoms with E-state index < -0.39 is 5.54 Å². The molecule has 0 aromatic heterocycles. The highest BCUT2D eigenvalue weighted by Gasteiger charge is 2.48. The quantitative estimate of drug-likeness (QED) is 0.453. The maximum atomic E-state index is 12.4. The van der Waals surface area contributed by atoms with E-state index in [1.807, 2.05) is 13.8 Å². The second-order valence-electron chi connectivity index (χ2n) is 6.19. The summed E-state index contributed by atoms with van der Waals surface area (Å²) in [5.74, 6) is 0.172. The predicted octanol–water partition coefficient (Wildman–Crippen LogP) is -0.828. The molecule has 3 aliphatic rings. The maximum absolute atomic E-state index is 12.4. The van der Waals surface area contributed by atoms with Crippen LogP contribution in [0.1, 0.15) is 20.3 Å². The van der Waals surface area contributed by atoms with Crippen molar-refractivity contribution in [3.63, 3.8) is 0 Å². The van der Waals surface area contributed by atoms with Gasteiger partial charge < -0.3 is 21.0 Å². The first kappa shape index (κ1) is 13.6. The van der Waals surface area contributed by atoms with Crippen LogP contribution in [-0.4, -0.2) is 40.9 Å². The molecule has 1 amide bonds. The van der Waals surface area contributed by atoms with E-state index in [-0.39, 0.29) is 31.1 Å². The van der Waals surface area contributed by atoms with Crippen molar-refractivity contribution in [3.8, 4) is 0 Å². The smallest absolute Gasteiger partial charge is 0.269 e. The van der Waals surface area contributed by atoms with Crippen molar-refractivity contribution in [3.05, 3.63) is 22.9 Å². The Morgan fingerprint density at radius 3 is 2.80 bits per heavy atom. The Morgan fingerprint density at radius 2 is 2.20 bits per heavy atom. The van der Waals surface area contributed by atoms with Crippen molar-refractivity contribution < 1.29 is 15.0 Å². The Labute approximate surface area is 117 Å². The lowest BCUT2D eigenvalue weighted by molar-refractivity contribution is -0.122. The summed E-state index contributed by atoms with van der Waals surface area (Å²) in [4.78, 5) is 12.4. The van der Waals surface area contributed by atoms with Crippen molar-refractivity contribution in [2.75, 3.05) is 13.2 Å². The monoisotopic (exact) mass is 279 g/mol. The number of amides is 1. The number of nitrogens with one attached hydrogen (secondary N) is 3. The van der Waals surface area contributed by atoms with Gasteiger partial charge in [0, 0.05) is 11.5 Å². The van der Waals surface area contributed by atoms with E-state index in [0.717, 1.165) is 12.0 Å². The first-order chi connectivity index (χ1) is 9.52. The van der Waals surface area contributed by atoms with E-state index in [0.29, 0.717) is 11.6 Å². The number of rotatable bonds is 5. The van der Waals surface area contributed by atoms with Crippen LogP contribution in [-0.2, 0) is 4.79 Å². The third kappa shape index (κ3) is 1.87. The van der Waals surface area contributed by atoms with E-state index in [9.17, 15) is 15.0 Å². The lowest BCUT2D eigenvalue weighted by Crippen LogP contribution is -2.59. The molecule has 20 heavy (non-hydrogen) atoms. The number of carbonyl (C=O) groups excluding carboxylic acids is 1. The molecule has 0 aromatic carbocycles. The molecule has 1 fully saturated rings. The van der Waals surface area contributed by atoms with E-state index in [4.69, 9.17) is 0 Å². The van der Waals surface area contributed by atoms with Gasteiger partial charge in [-0.05, 0) is 12.3 Å². The van der Waals surface area contributed by atoms with Crippen molar-refractivity contribution in [1.29, 1.82) is 0 Å². The van der Waals surface area contributed by atoms with Crippen LogP contribution in [0.4, 0.5) is 0 Å². The van der Waals surface area contributed by atoms with Crippen molar-refractivity contribution in [2.45, 2.75) is 31.8 Å². The Morgan fingerprint density at radius 1 is 1.50 bits per heavy atom. The molecule has 6 nitrogen and oxygen atoms in total. The molecule has 1 aliphatic heterocycles. The molecule has 0 radical (unpaired) electrons. The summed E-state index contributed by atoms with van der Waals surface area (Å²) in [6, 6.07) is 0.197. The second-order valence-corrected chi connectivity index (χ2v) is 6.19. The van der Waals surface area contributed by atoms with Crippen LogP contribution in [0.3, 0.4) is 0 Å². The van der Waals surface area contributed by atoms with Gasteiger partial charge in [0.1, 0.15) is 5.70 Å². The first-order valence-corrected chi connectivity index (χ1v) is 7.03. The zero-order chi connectivity index (χ0) is 14.5. The SMILES string of the molecule is CC(C)C(CO)(CO)NC(=O)C1=C2C=C3CC3C2NN1. The average molecular weight is 279 g/mol. The molecule has 0 aromatic rings. The Kier molecular flexibility index (Phi) is 3.12. The molecule has 2 aliphatic carbocycles. The van der Waals surface area contributed by atoms with Crippen LogP contribution in [0.15, 0.2) is 22.9 Å². The van der Waals surface area contributed by atoms with Gasteiger partial charge in [-0.1, -0.05) is 25.5 Å². The normalized spacial score (nSPS) is 27.1. The third-order valence-electron chi connectivity index (χ3n) is 4.75. The molecule has 110 valence electrons. The van der Waals surface area contributed by atoms with Gasteiger partial charge in [-0.3, -0.25) is 4.79 Å². The molecular weight excluding hydrogens is 258 g/mol. The van der Waals surface area contributed by atoms with Crippen LogP contribution in [0.25, 0.3) is 0 Å². The number of hydrogen-bond acceptors (Lipinski definition) is 5. The number of carbonyl (C=O) groups is 1. The van der Waals surface area contributed by atoms with Crippen LogP contribution >= 0.6 is 0 Å². The van der Waals surface area contributed by atoms with Gasteiger partial charge in [0.15, 0.2) is 0 Å². The summed E-state index contributed by atoms with van der Waals surface area (Å²) in [5, 5.41) is 21.9. The molecule has 0 spiro atoms. The number of hydrazine groups is 1. The highest BCUT2D eigenvalue weighted by molar-refractivity contribution is 5.96. The number of aliphatic hydroxyl groups is 2. The topological polar surface area (TPSA) is 93.6 Å². The molecule has 5 N–H and O–H groups in total. The van der Waals surface area contributed by atoms with Crippen LogP contribution in [0.2, 0.25) is 0 Å². The fourth-order valence-corrected chi connectivity index (χ4v) is 2.94. The number of aliphatic hydroxyl groups excluding tert-OH is 2. The Balaban J connectivity index is 1.80. The summed E-state index contributed by atoms with van der Waals surface area (Å²) in [7, 11) is 0. The molecular formula is C14H21N3O3. The van der Waals surface area contributed by atoms with Crippen LogP contribution in [0, 0.1) is 11.8 Å². The summed E-state index contributed by atoms with van der Waals surface area (Å²) >= 11 is 0. The summed E-state index contributed by atoms with van der Waals surface area (Å²) in [6.45, 7) is 3.13. The first-order valence-electron chi connectivity index (χ1n) is 7.03. The minimum Gasteiger partial charge on any atom is -0.394 e. The summed E-state index contributed by atoms with van der Waals surface area (Å²) < 4.78 is 0. The van der Waals surface area contributed by atoms with Gasteiger partial charge in [0.2, 0.25) is 0 Å². The molecule has 0 saturated heterocycles. The van der Waals surface area contributed by atoms with Gasteiger partial charge in [-0.2, -0.15) is 0 Å². The van der Waals surface area contributed by atoms with Gasteiger partial charge in [0.05, 0.1) is 24.8 Å². The molecule has 3 rings (SSSR count). The molecule has 1 heterocycles. The largest absolute Gasteiger partial charge is 0.394 e. The number of fused-ring (bicyclic) bond motifs is 3. The molecule has 2 unspecified atom stereocenters. The Bertz CT molecular complexity index is 506. The van der Waals surface area contributed by atoms with Crippen molar-refractivity contribution in [1.82, 2.24) is 16.2 Å². The lowest BCUT2D eigenvalue weighted by Gasteiger charge is -2.35. The molecule has 0 bridgehead atoms. The van der Waals surface area contributed by atoms with Crippen molar-refractivity contribution >= 4 is 5.91 Å². The second kappa shape index (κ2) is 4.58. The predicted molar refractivity (Wildman–Crippen MR) is 73.2 cm³/mol. The van der Waals surface area contributed by atoms with E-state index >= 15 is 0 Å². The minimum absolute atomic E-state index is 0.0763. The number of hydrogen-bond donors (Lipinski definition) is 5. The zero-order valence-corrected chi connectivity index (χ0v) is 11.7. The summed E-state index contributed by atoms with van der Waals surface area (Å²) in [6.07, 6.45) is 3.19.